The van der Waals surface area contributed by atoms with Crippen molar-refractivity contribution in [2.24, 2.45) is 0 Å². The molecule has 0 aliphatic heterocycles. The van der Waals surface area contributed by atoms with Gasteiger partial charge in [-0.1, -0.05) is 36.4 Å². The van der Waals surface area contributed by atoms with Crippen molar-refractivity contribution >= 4 is 17.9 Å². The molecule has 0 saturated heterocycles. The number of hydrogen-bond donors (Lipinski definition) is 0. The molecular formula is C24H20O6. The molecule has 0 bridgehead atoms. The fourth-order valence-corrected chi connectivity index (χ4v) is 2.77. The topological polar surface area (TPSA) is 78.9 Å². The molecule has 0 atom stereocenters. The Hall–Kier alpha value is -3.93. The van der Waals surface area contributed by atoms with Gasteiger partial charge in [-0.3, -0.25) is 4.79 Å². The van der Waals surface area contributed by atoms with Crippen LogP contribution >= 0.6 is 0 Å². The number of carbonyl (C=O) groups is 3. The van der Waals surface area contributed by atoms with E-state index in [0.29, 0.717) is 16.9 Å². The largest absolute Gasteiger partial charge is 0.465 e. The van der Waals surface area contributed by atoms with Crippen LogP contribution in [0, 0.1) is 0 Å². The van der Waals surface area contributed by atoms with Crippen LogP contribution in [0.5, 0.6) is 5.75 Å². The van der Waals surface area contributed by atoms with Gasteiger partial charge in [-0.15, -0.1) is 0 Å². The van der Waals surface area contributed by atoms with E-state index in [-0.39, 0.29) is 12.6 Å². The second-order valence-electron chi connectivity index (χ2n) is 6.46. The van der Waals surface area contributed by atoms with Crippen LogP contribution in [0.15, 0.2) is 72.8 Å². The van der Waals surface area contributed by atoms with Crippen LogP contribution in [0.3, 0.4) is 0 Å². The normalized spacial score (nSPS) is 10.2. The lowest BCUT2D eigenvalue weighted by Gasteiger charge is -2.07. The highest BCUT2D eigenvalue weighted by Gasteiger charge is 2.09. The van der Waals surface area contributed by atoms with Crippen molar-refractivity contribution in [3.05, 3.63) is 89.5 Å². The second-order valence-corrected chi connectivity index (χ2v) is 6.46. The molecule has 0 N–H and O–H groups in total. The van der Waals surface area contributed by atoms with Crippen molar-refractivity contribution in [1.29, 1.82) is 0 Å². The van der Waals surface area contributed by atoms with E-state index in [1.807, 2.05) is 24.3 Å². The molecule has 30 heavy (non-hydrogen) atoms. The maximum absolute atomic E-state index is 12.3. The number of methoxy groups -OCH3 is 1. The van der Waals surface area contributed by atoms with Gasteiger partial charge in [0.2, 0.25) is 0 Å². The first-order valence-corrected chi connectivity index (χ1v) is 9.19. The molecule has 0 radical (unpaired) electrons. The van der Waals surface area contributed by atoms with E-state index < -0.39 is 11.9 Å². The summed E-state index contributed by atoms with van der Waals surface area (Å²) in [5.74, 6) is -0.750. The van der Waals surface area contributed by atoms with Gasteiger partial charge in [0.1, 0.15) is 12.4 Å². The number of ether oxygens (including phenoxy) is 3. The van der Waals surface area contributed by atoms with Gasteiger partial charge in [0.15, 0.2) is 0 Å². The number of esters is 3. The Morgan fingerprint density at radius 3 is 1.73 bits per heavy atom. The fourth-order valence-electron chi connectivity index (χ4n) is 2.77. The first kappa shape index (κ1) is 20.8. The van der Waals surface area contributed by atoms with Gasteiger partial charge < -0.3 is 14.2 Å². The van der Waals surface area contributed by atoms with Crippen molar-refractivity contribution < 1.29 is 28.6 Å². The first-order chi connectivity index (χ1) is 14.5. The number of rotatable bonds is 6. The average molecular weight is 404 g/mol. The van der Waals surface area contributed by atoms with E-state index in [1.54, 1.807) is 48.5 Å². The van der Waals surface area contributed by atoms with Crippen molar-refractivity contribution in [3.63, 3.8) is 0 Å². The van der Waals surface area contributed by atoms with Crippen molar-refractivity contribution in [1.82, 2.24) is 0 Å². The van der Waals surface area contributed by atoms with Gasteiger partial charge in [-0.25, -0.2) is 9.59 Å². The molecule has 0 aliphatic carbocycles. The maximum Gasteiger partial charge on any atom is 0.338 e. The third kappa shape index (κ3) is 5.32. The number of carbonyl (C=O) groups excluding carboxylic acids is 3. The molecule has 6 nitrogen and oxygen atoms in total. The van der Waals surface area contributed by atoms with Gasteiger partial charge in [0, 0.05) is 6.92 Å². The molecule has 0 amide bonds. The number of benzene rings is 3. The Balaban J connectivity index is 1.59. The molecule has 0 heterocycles. The van der Waals surface area contributed by atoms with Crippen LogP contribution in [0.25, 0.3) is 11.1 Å². The van der Waals surface area contributed by atoms with Crippen molar-refractivity contribution in [2.45, 2.75) is 13.5 Å². The molecule has 3 aromatic rings. The molecule has 3 aromatic carbocycles. The highest BCUT2D eigenvalue weighted by Crippen LogP contribution is 2.23. The van der Waals surface area contributed by atoms with Crippen LogP contribution in [0.1, 0.15) is 33.2 Å². The summed E-state index contributed by atoms with van der Waals surface area (Å²) in [4.78, 5) is 34.7. The summed E-state index contributed by atoms with van der Waals surface area (Å²) in [6, 6.07) is 20.8. The maximum atomic E-state index is 12.3. The molecule has 152 valence electrons. The SMILES string of the molecule is COC(=O)c1ccc(COC(=O)c2ccc(-c3ccc(OC(C)=O)cc3)cc2)cc1. The predicted octanol–water partition coefficient (Wildman–Crippen LogP) is 4.42. The molecule has 3 rings (SSSR count). The van der Waals surface area contributed by atoms with Crippen LogP contribution < -0.4 is 4.74 Å². The van der Waals surface area contributed by atoms with Crippen LogP contribution in [0.2, 0.25) is 0 Å². The quantitative estimate of drug-likeness (QED) is 0.447. The Bertz CT molecular complexity index is 1030. The zero-order chi connectivity index (χ0) is 21.5. The summed E-state index contributed by atoms with van der Waals surface area (Å²) >= 11 is 0. The summed E-state index contributed by atoms with van der Waals surface area (Å²) < 4.78 is 15.0. The highest BCUT2D eigenvalue weighted by atomic mass is 16.5. The van der Waals surface area contributed by atoms with E-state index in [9.17, 15) is 14.4 Å². The standard InChI is InChI=1S/C24H20O6/c1-16(25)30-22-13-11-19(12-14-22)18-7-9-21(10-8-18)24(27)29-15-17-3-5-20(6-4-17)23(26)28-2/h3-14H,15H2,1-2H3. The van der Waals surface area contributed by atoms with Gasteiger partial charge in [0.05, 0.1) is 18.2 Å². The van der Waals surface area contributed by atoms with Crippen molar-refractivity contribution in [3.8, 4) is 16.9 Å². The molecule has 0 unspecified atom stereocenters. The third-order valence-corrected chi connectivity index (χ3v) is 4.31. The van der Waals surface area contributed by atoms with Gasteiger partial charge in [0.25, 0.3) is 0 Å². The summed E-state index contributed by atoms with van der Waals surface area (Å²) in [7, 11) is 1.32. The Morgan fingerprint density at radius 1 is 0.700 bits per heavy atom. The lowest BCUT2D eigenvalue weighted by molar-refractivity contribution is -0.131. The van der Waals surface area contributed by atoms with Crippen LogP contribution in [-0.2, 0) is 20.9 Å². The predicted molar refractivity (Wildman–Crippen MR) is 110 cm³/mol. The highest BCUT2D eigenvalue weighted by molar-refractivity contribution is 5.90. The van der Waals surface area contributed by atoms with E-state index in [2.05, 4.69) is 4.74 Å². The molecular weight excluding hydrogens is 384 g/mol. The summed E-state index contributed by atoms with van der Waals surface area (Å²) in [5.41, 5.74) is 3.47. The second kappa shape index (κ2) is 9.52. The van der Waals surface area contributed by atoms with E-state index in [4.69, 9.17) is 9.47 Å². The lowest BCUT2D eigenvalue weighted by Crippen LogP contribution is -2.06. The zero-order valence-electron chi connectivity index (χ0n) is 16.6. The Labute approximate surface area is 174 Å². The summed E-state index contributed by atoms with van der Waals surface area (Å²) in [6.07, 6.45) is 0. The van der Waals surface area contributed by atoms with Gasteiger partial charge in [-0.05, 0) is 53.1 Å². The minimum atomic E-state index is -0.441. The van der Waals surface area contributed by atoms with Crippen LogP contribution in [0.4, 0.5) is 0 Å². The van der Waals surface area contributed by atoms with E-state index in [1.165, 1.54) is 14.0 Å². The first-order valence-electron chi connectivity index (χ1n) is 9.19. The Morgan fingerprint density at radius 2 is 1.20 bits per heavy atom. The molecule has 0 aliphatic rings. The van der Waals surface area contributed by atoms with Gasteiger partial charge in [-0.2, -0.15) is 0 Å². The third-order valence-electron chi connectivity index (χ3n) is 4.31. The monoisotopic (exact) mass is 404 g/mol. The molecule has 0 fully saturated rings. The molecule has 0 aromatic heterocycles. The fraction of sp³-hybridized carbons (Fsp3) is 0.125. The molecule has 0 saturated carbocycles. The van der Waals surface area contributed by atoms with Crippen LogP contribution in [-0.4, -0.2) is 25.0 Å². The molecule has 6 heteroatoms. The Kier molecular flexibility index (Phi) is 6.60. The van der Waals surface area contributed by atoms with E-state index >= 15 is 0 Å². The zero-order valence-corrected chi connectivity index (χ0v) is 16.6. The minimum Gasteiger partial charge on any atom is -0.465 e. The smallest absolute Gasteiger partial charge is 0.338 e. The lowest BCUT2D eigenvalue weighted by atomic mass is 10.0. The molecule has 0 spiro atoms. The minimum absolute atomic E-state index is 0.0969. The number of hydrogen-bond acceptors (Lipinski definition) is 6. The van der Waals surface area contributed by atoms with Crippen molar-refractivity contribution in [2.75, 3.05) is 7.11 Å². The average Bonchev–Trinajstić information content (AvgIpc) is 2.77. The summed E-state index contributed by atoms with van der Waals surface area (Å²) in [5, 5.41) is 0. The summed E-state index contributed by atoms with van der Waals surface area (Å²) in [6.45, 7) is 1.45. The van der Waals surface area contributed by atoms with Gasteiger partial charge >= 0.3 is 17.9 Å². The van der Waals surface area contributed by atoms with E-state index in [0.717, 1.165) is 16.7 Å².